The molecule has 2 aromatic rings. The van der Waals surface area contributed by atoms with Crippen molar-refractivity contribution in [3.05, 3.63) is 30.5 Å². The molecule has 0 spiro atoms. The Bertz CT molecular complexity index is 1370. The molecular formula is C30H41N7O8. The van der Waals surface area contributed by atoms with E-state index < -0.39 is 36.4 Å². The maximum atomic E-state index is 13.8. The van der Waals surface area contributed by atoms with Gasteiger partial charge < -0.3 is 45.2 Å². The molecule has 0 saturated carbocycles. The molecule has 15 nitrogen and oxygen atoms in total. The number of carbonyl (C=O) groups excluding carboxylic acids is 3. The van der Waals surface area contributed by atoms with E-state index in [9.17, 15) is 29.7 Å². The van der Waals surface area contributed by atoms with Gasteiger partial charge in [-0.15, -0.1) is 5.10 Å². The van der Waals surface area contributed by atoms with Crippen molar-refractivity contribution in [1.82, 2.24) is 35.4 Å². The fourth-order valence-corrected chi connectivity index (χ4v) is 6.62. The van der Waals surface area contributed by atoms with Gasteiger partial charge in [-0.1, -0.05) is 17.3 Å². The quantitative estimate of drug-likeness (QED) is 0.258. The van der Waals surface area contributed by atoms with E-state index in [0.29, 0.717) is 37.4 Å². The zero-order chi connectivity index (χ0) is 31.5. The molecule has 244 valence electrons. The van der Waals surface area contributed by atoms with E-state index in [1.807, 2.05) is 6.07 Å². The van der Waals surface area contributed by atoms with Crippen LogP contribution in [0.5, 0.6) is 5.75 Å². The van der Waals surface area contributed by atoms with E-state index in [2.05, 4.69) is 20.9 Å². The molecule has 6 rings (SSSR count). The van der Waals surface area contributed by atoms with Gasteiger partial charge in [0.05, 0.1) is 31.3 Å². The summed E-state index contributed by atoms with van der Waals surface area (Å²) in [6, 6.07) is 5.82. The summed E-state index contributed by atoms with van der Waals surface area (Å²) in [5.41, 5.74) is 1.26. The lowest BCUT2D eigenvalue weighted by molar-refractivity contribution is -0.147. The summed E-state index contributed by atoms with van der Waals surface area (Å²) in [5.74, 6) is -1.04. The minimum absolute atomic E-state index is 0.0886. The van der Waals surface area contributed by atoms with Crippen molar-refractivity contribution in [2.75, 3.05) is 45.9 Å². The van der Waals surface area contributed by atoms with E-state index in [4.69, 9.17) is 9.47 Å². The summed E-state index contributed by atoms with van der Waals surface area (Å²) in [7, 11) is 0. The molecule has 3 amide bonds. The molecule has 4 saturated heterocycles. The second kappa shape index (κ2) is 13.8. The Balaban J connectivity index is 1.20. The van der Waals surface area contributed by atoms with Crippen molar-refractivity contribution in [3.8, 4) is 17.0 Å². The predicted octanol–water partition coefficient (Wildman–Crippen LogP) is -1.21. The van der Waals surface area contributed by atoms with Gasteiger partial charge in [0.15, 0.2) is 0 Å². The monoisotopic (exact) mass is 627 g/mol. The maximum Gasteiger partial charge on any atom is 0.242 e. The summed E-state index contributed by atoms with van der Waals surface area (Å²) >= 11 is 0. The Morgan fingerprint density at radius 3 is 2.64 bits per heavy atom. The van der Waals surface area contributed by atoms with Crippen molar-refractivity contribution in [2.45, 2.75) is 74.6 Å². The van der Waals surface area contributed by atoms with Crippen LogP contribution in [0.4, 0.5) is 0 Å². The molecule has 45 heavy (non-hydrogen) atoms. The van der Waals surface area contributed by atoms with E-state index in [1.54, 1.807) is 29.1 Å². The Labute approximate surface area is 260 Å². The fourth-order valence-electron chi connectivity index (χ4n) is 6.62. The van der Waals surface area contributed by atoms with Crippen LogP contribution in [0.15, 0.2) is 30.5 Å². The van der Waals surface area contributed by atoms with Crippen molar-refractivity contribution >= 4 is 17.7 Å². The molecule has 5 heterocycles. The number of aromatic nitrogens is 3. The number of hydrogen-bond donors (Lipinski definition) is 5. The van der Waals surface area contributed by atoms with Crippen LogP contribution in [0.3, 0.4) is 0 Å². The number of amides is 3. The van der Waals surface area contributed by atoms with Gasteiger partial charge in [0.1, 0.15) is 35.8 Å². The lowest BCUT2D eigenvalue weighted by Gasteiger charge is -2.39. The SMILES string of the molecule is O=C1NC[C@H]2O[C@@H](CC(=O)N(CCNC3CCOCC3)CC(=O)N3CC[C@@H](n4cc(-c5cccc(O)c5)nn4)C[C@@H]13)C(O)C2O. The van der Waals surface area contributed by atoms with Crippen LogP contribution in [0, 0.1) is 0 Å². The highest BCUT2D eigenvalue weighted by Crippen LogP contribution is 2.30. The number of ether oxygens (including phenoxy) is 2. The minimum Gasteiger partial charge on any atom is -0.508 e. The molecule has 0 aliphatic carbocycles. The summed E-state index contributed by atoms with van der Waals surface area (Å²) < 4.78 is 12.9. The van der Waals surface area contributed by atoms with Crippen LogP contribution in [0.25, 0.3) is 11.3 Å². The number of phenols is 1. The maximum absolute atomic E-state index is 13.8. The minimum atomic E-state index is -1.31. The topological polar surface area (TPSA) is 192 Å². The number of rotatable bonds is 6. The second-order valence-corrected chi connectivity index (χ2v) is 12.2. The van der Waals surface area contributed by atoms with Gasteiger partial charge in [-0.2, -0.15) is 0 Å². The molecule has 6 atom stereocenters. The average molecular weight is 628 g/mol. The highest BCUT2D eigenvalue weighted by atomic mass is 16.5. The Kier molecular flexibility index (Phi) is 9.61. The van der Waals surface area contributed by atoms with E-state index in [0.717, 1.165) is 12.8 Å². The molecule has 5 N–H and O–H groups in total. The summed E-state index contributed by atoms with van der Waals surface area (Å²) in [6.07, 6.45) is -0.419. The highest BCUT2D eigenvalue weighted by molar-refractivity contribution is 5.90. The summed E-state index contributed by atoms with van der Waals surface area (Å²) in [4.78, 5) is 43.9. The predicted molar refractivity (Wildman–Crippen MR) is 158 cm³/mol. The van der Waals surface area contributed by atoms with Crippen molar-refractivity contribution in [2.24, 2.45) is 0 Å². The number of piperidine rings is 1. The molecule has 4 aliphatic heterocycles. The third kappa shape index (κ3) is 7.12. The van der Waals surface area contributed by atoms with E-state index in [-0.39, 0.29) is 68.7 Å². The summed E-state index contributed by atoms with van der Waals surface area (Å²) in [6.45, 7) is 1.99. The molecule has 4 aliphatic rings. The fraction of sp³-hybridized carbons (Fsp3) is 0.633. The number of phenolic OH excluding ortho intramolecular Hbond substituents is 1. The zero-order valence-corrected chi connectivity index (χ0v) is 25.0. The third-order valence-corrected chi connectivity index (χ3v) is 9.25. The number of fused-ring (bicyclic) bond motifs is 3. The van der Waals surface area contributed by atoms with Gasteiger partial charge >= 0.3 is 0 Å². The molecular weight excluding hydrogens is 586 g/mol. The summed E-state index contributed by atoms with van der Waals surface area (Å²) in [5, 5.41) is 45.9. The van der Waals surface area contributed by atoms with Gasteiger partial charge in [0.25, 0.3) is 0 Å². The first kappa shape index (κ1) is 31.4. The molecule has 15 heteroatoms. The average Bonchev–Trinajstić information content (AvgIpc) is 3.64. The van der Waals surface area contributed by atoms with Gasteiger partial charge in [0.2, 0.25) is 17.7 Å². The van der Waals surface area contributed by atoms with Crippen LogP contribution >= 0.6 is 0 Å². The number of aliphatic hydroxyl groups excluding tert-OH is 2. The number of benzene rings is 1. The zero-order valence-electron chi connectivity index (χ0n) is 25.0. The van der Waals surface area contributed by atoms with E-state index in [1.165, 1.54) is 9.80 Å². The molecule has 1 aromatic carbocycles. The number of aromatic hydroxyl groups is 1. The Morgan fingerprint density at radius 1 is 1.04 bits per heavy atom. The largest absolute Gasteiger partial charge is 0.508 e. The lowest BCUT2D eigenvalue weighted by atomic mass is 9.95. The number of hydrogen-bond acceptors (Lipinski definition) is 11. The second-order valence-electron chi connectivity index (χ2n) is 12.2. The van der Waals surface area contributed by atoms with E-state index >= 15 is 0 Å². The standard InChI is InChI=1S/C30H41N7O8/c38-21-3-1-2-18(12-21)22-16-37(34-33-22)20-4-8-36-23(13-20)30(43)32-15-25-29(42)28(41)24(45-25)14-26(39)35(17-27(36)40)9-7-31-19-5-10-44-11-6-19/h1-3,12,16,19-20,23-25,28-29,31,38,41-42H,4-11,13-15,17H2,(H,32,43)/t20-,23+,24+,25-,28?,29?/m1/s1. The molecule has 1 aromatic heterocycles. The number of nitrogens with zero attached hydrogens (tertiary/aromatic N) is 5. The van der Waals surface area contributed by atoms with Crippen molar-refractivity contribution in [3.63, 3.8) is 0 Å². The van der Waals surface area contributed by atoms with Crippen molar-refractivity contribution < 1.29 is 39.2 Å². The van der Waals surface area contributed by atoms with Gasteiger partial charge in [0, 0.05) is 51.0 Å². The van der Waals surface area contributed by atoms with Crippen LogP contribution in [0.1, 0.15) is 38.1 Å². The Morgan fingerprint density at radius 2 is 1.84 bits per heavy atom. The Hall–Kier alpha value is -3.63. The number of carbonyl (C=O) groups is 3. The molecule has 2 unspecified atom stereocenters. The third-order valence-electron chi connectivity index (χ3n) is 9.25. The van der Waals surface area contributed by atoms with Gasteiger partial charge in [-0.3, -0.25) is 14.4 Å². The lowest BCUT2D eigenvalue weighted by Crippen LogP contribution is -2.57. The number of nitrogens with one attached hydrogen (secondary N) is 2. The molecule has 4 fully saturated rings. The van der Waals surface area contributed by atoms with Crippen LogP contribution in [0.2, 0.25) is 0 Å². The number of aliphatic hydroxyl groups is 2. The van der Waals surface area contributed by atoms with Gasteiger partial charge in [-0.05, 0) is 37.8 Å². The van der Waals surface area contributed by atoms with Crippen molar-refractivity contribution in [1.29, 1.82) is 0 Å². The van der Waals surface area contributed by atoms with Crippen LogP contribution in [-0.4, -0.2) is 140 Å². The van der Waals surface area contributed by atoms with Gasteiger partial charge in [-0.25, -0.2) is 4.68 Å². The molecule has 2 bridgehead atoms. The first-order valence-corrected chi connectivity index (χ1v) is 15.7. The first-order chi connectivity index (χ1) is 21.8. The smallest absolute Gasteiger partial charge is 0.242 e. The van der Waals surface area contributed by atoms with Crippen LogP contribution in [-0.2, 0) is 23.9 Å². The normalized spacial score (nSPS) is 30.3. The molecule has 0 radical (unpaired) electrons. The highest BCUT2D eigenvalue weighted by Gasteiger charge is 2.45. The van der Waals surface area contributed by atoms with Crippen LogP contribution < -0.4 is 10.6 Å². The first-order valence-electron chi connectivity index (χ1n) is 15.7.